The van der Waals surface area contributed by atoms with Gasteiger partial charge in [0.2, 0.25) is 0 Å². The van der Waals surface area contributed by atoms with Crippen molar-refractivity contribution in [3.8, 4) is 0 Å². The predicted molar refractivity (Wildman–Crippen MR) is 61.0 cm³/mol. The molecule has 0 saturated heterocycles. The van der Waals surface area contributed by atoms with Crippen molar-refractivity contribution < 1.29 is 0 Å². The van der Waals surface area contributed by atoms with E-state index in [4.69, 9.17) is 0 Å². The Morgan fingerprint density at radius 3 is 1.77 bits per heavy atom. The van der Waals surface area contributed by atoms with E-state index >= 15 is 0 Å². The van der Waals surface area contributed by atoms with Crippen LogP contribution in [0.1, 0.15) is 41.0 Å². The van der Waals surface area contributed by atoms with Crippen LogP contribution in [-0.2, 0) is 0 Å². The zero-order valence-corrected chi connectivity index (χ0v) is 10.3. The van der Waals surface area contributed by atoms with E-state index in [1.807, 2.05) is 0 Å². The third-order valence-electron chi connectivity index (χ3n) is 2.80. The first-order chi connectivity index (χ1) is 5.86. The zero-order valence-electron chi connectivity index (χ0n) is 10.3. The van der Waals surface area contributed by atoms with Crippen LogP contribution in [0.2, 0.25) is 0 Å². The lowest BCUT2D eigenvalue weighted by Crippen LogP contribution is -2.33. The predicted octanol–water partition coefficient (Wildman–Crippen LogP) is 3.32. The topological polar surface area (TPSA) is 3.24 Å². The van der Waals surface area contributed by atoms with Gasteiger partial charge in [-0.25, -0.2) is 0 Å². The average molecular weight is 183 g/mol. The van der Waals surface area contributed by atoms with Gasteiger partial charge in [-0.2, -0.15) is 0 Å². The molecule has 0 aliphatic rings. The van der Waals surface area contributed by atoms with E-state index in [-0.39, 0.29) is 0 Å². The first-order valence-electron chi connectivity index (χ1n) is 5.15. The molecular weight excluding hydrogens is 158 g/mol. The summed E-state index contributed by atoms with van der Waals surface area (Å²) in [5.41, 5.74) is 3.00. The fourth-order valence-electron chi connectivity index (χ4n) is 1.53. The van der Waals surface area contributed by atoms with Crippen molar-refractivity contribution >= 4 is 0 Å². The summed E-state index contributed by atoms with van der Waals surface area (Å²) in [5, 5.41) is 0. The fraction of sp³-hybridized carbons (Fsp3) is 0.833. The molecule has 0 heterocycles. The maximum Gasteiger partial charge on any atom is 0.0149 e. The van der Waals surface area contributed by atoms with Gasteiger partial charge in [0.1, 0.15) is 0 Å². The van der Waals surface area contributed by atoms with Crippen molar-refractivity contribution in [1.29, 1.82) is 0 Å². The number of nitrogens with zero attached hydrogens (tertiary/aromatic N) is 1. The maximum absolute atomic E-state index is 2.33. The van der Waals surface area contributed by atoms with Gasteiger partial charge in [0.25, 0.3) is 0 Å². The van der Waals surface area contributed by atoms with Gasteiger partial charge in [-0.05, 0) is 47.2 Å². The smallest absolute Gasteiger partial charge is 0.0149 e. The molecule has 0 radical (unpaired) electrons. The van der Waals surface area contributed by atoms with Crippen molar-refractivity contribution in [1.82, 2.24) is 4.90 Å². The fourth-order valence-corrected chi connectivity index (χ4v) is 1.53. The minimum absolute atomic E-state index is 0.676. The highest BCUT2D eigenvalue weighted by Gasteiger charge is 2.15. The molecular formula is C12H25N. The molecule has 1 nitrogen and oxygen atoms in total. The van der Waals surface area contributed by atoms with E-state index < -0.39 is 0 Å². The van der Waals surface area contributed by atoms with Crippen molar-refractivity contribution in [3.05, 3.63) is 11.1 Å². The van der Waals surface area contributed by atoms with E-state index in [2.05, 4.69) is 53.6 Å². The number of hydrogen-bond donors (Lipinski definition) is 0. The zero-order chi connectivity index (χ0) is 10.6. The summed E-state index contributed by atoms with van der Waals surface area (Å²) in [5.74, 6) is 0.726. The van der Waals surface area contributed by atoms with Crippen molar-refractivity contribution in [3.63, 3.8) is 0 Å². The normalized spacial score (nSPS) is 13.6. The van der Waals surface area contributed by atoms with Gasteiger partial charge in [-0.1, -0.05) is 25.0 Å². The SMILES string of the molecule is CC(C)=C(C)CC(C(C)C)N(C)C. The molecule has 78 valence electrons. The molecule has 0 rings (SSSR count). The summed E-state index contributed by atoms with van der Waals surface area (Å²) in [6.07, 6.45) is 1.20. The average Bonchev–Trinajstić information content (AvgIpc) is 1.97. The highest BCUT2D eigenvalue weighted by molar-refractivity contribution is 5.08. The van der Waals surface area contributed by atoms with Gasteiger partial charge in [-0.3, -0.25) is 0 Å². The monoisotopic (exact) mass is 183 g/mol. The lowest BCUT2D eigenvalue weighted by atomic mass is 9.94. The van der Waals surface area contributed by atoms with Gasteiger partial charge in [0.15, 0.2) is 0 Å². The van der Waals surface area contributed by atoms with Gasteiger partial charge >= 0.3 is 0 Å². The van der Waals surface area contributed by atoms with Gasteiger partial charge in [0.05, 0.1) is 0 Å². The second-order valence-corrected chi connectivity index (χ2v) is 4.76. The van der Waals surface area contributed by atoms with E-state index in [0.717, 1.165) is 5.92 Å². The molecule has 1 unspecified atom stereocenters. The van der Waals surface area contributed by atoms with E-state index in [0.29, 0.717) is 6.04 Å². The Morgan fingerprint density at radius 2 is 1.54 bits per heavy atom. The van der Waals surface area contributed by atoms with Crippen LogP contribution in [0.25, 0.3) is 0 Å². The second kappa shape index (κ2) is 5.43. The van der Waals surface area contributed by atoms with Gasteiger partial charge in [-0.15, -0.1) is 0 Å². The molecule has 1 heteroatoms. The highest BCUT2D eigenvalue weighted by Crippen LogP contribution is 2.18. The van der Waals surface area contributed by atoms with E-state index in [1.165, 1.54) is 17.6 Å². The highest BCUT2D eigenvalue weighted by atomic mass is 15.1. The molecule has 0 aromatic carbocycles. The summed E-state index contributed by atoms with van der Waals surface area (Å²) < 4.78 is 0. The first kappa shape index (κ1) is 12.7. The summed E-state index contributed by atoms with van der Waals surface area (Å²) in [4.78, 5) is 2.33. The van der Waals surface area contributed by atoms with Crippen LogP contribution in [0.3, 0.4) is 0 Å². The largest absolute Gasteiger partial charge is 0.306 e. The molecule has 1 atom stereocenters. The quantitative estimate of drug-likeness (QED) is 0.604. The van der Waals surface area contributed by atoms with E-state index in [1.54, 1.807) is 0 Å². The first-order valence-corrected chi connectivity index (χ1v) is 5.15. The molecule has 0 N–H and O–H groups in total. The summed E-state index contributed by atoms with van der Waals surface area (Å²) in [6.45, 7) is 11.2. The molecule has 0 aromatic heterocycles. The molecule has 0 aliphatic carbocycles. The summed E-state index contributed by atoms with van der Waals surface area (Å²) in [6, 6.07) is 0.676. The lowest BCUT2D eigenvalue weighted by molar-refractivity contribution is 0.229. The maximum atomic E-state index is 2.33. The van der Waals surface area contributed by atoms with Crippen molar-refractivity contribution in [2.75, 3.05) is 14.1 Å². The minimum atomic E-state index is 0.676. The van der Waals surface area contributed by atoms with E-state index in [9.17, 15) is 0 Å². The van der Waals surface area contributed by atoms with Gasteiger partial charge < -0.3 is 4.90 Å². The Kier molecular flexibility index (Phi) is 5.31. The standard InChI is InChI=1S/C12H25N/c1-9(2)11(5)8-12(10(3)4)13(6)7/h10,12H,8H2,1-7H3. The second-order valence-electron chi connectivity index (χ2n) is 4.76. The Morgan fingerprint density at radius 1 is 1.08 bits per heavy atom. The van der Waals surface area contributed by atoms with Crippen LogP contribution in [0, 0.1) is 5.92 Å². The van der Waals surface area contributed by atoms with Crippen molar-refractivity contribution in [2.45, 2.75) is 47.1 Å². The third-order valence-corrected chi connectivity index (χ3v) is 2.80. The molecule has 0 amide bonds. The van der Waals surface area contributed by atoms with Crippen molar-refractivity contribution in [2.24, 2.45) is 5.92 Å². The lowest BCUT2D eigenvalue weighted by Gasteiger charge is -2.28. The third kappa shape index (κ3) is 4.47. The number of hydrogen-bond acceptors (Lipinski definition) is 1. The molecule has 0 aliphatic heterocycles. The molecule has 0 aromatic rings. The Labute approximate surface area is 83.8 Å². The summed E-state index contributed by atoms with van der Waals surface area (Å²) >= 11 is 0. The molecule has 0 spiro atoms. The molecule has 0 fully saturated rings. The van der Waals surface area contributed by atoms with Crippen LogP contribution in [0.5, 0.6) is 0 Å². The number of rotatable bonds is 4. The van der Waals surface area contributed by atoms with Crippen LogP contribution in [0.4, 0.5) is 0 Å². The molecule has 0 bridgehead atoms. The number of allylic oxidation sites excluding steroid dienone is 1. The Bertz CT molecular complexity index is 166. The molecule has 13 heavy (non-hydrogen) atoms. The van der Waals surface area contributed by atoms with Crippen LogP contribution in [-0.4, -0.2) is 25.0 Å². The molecule has 0 saturated carbocycles. The Balaban J connectivity index is 4.36. The van der Waals surface area contributed by atoms with Crippen LogP contribution >= 0.6 is 0 Å². The Hall–Kier alpha value is -0.300. The summed E-state index contributed by atoms with van der Waals surface area (Å²) in [7, 11) is 4.34. The van der Waals surface area contributed by atoms with Crippen LogP contribution in [0.15, 0.2) is 11.1 Å². The van der Waals surface area contributed by atoms with Crippen LogP contribution < -0.4 is 0 Å². The minimum Gasteiger partial charge on any atom is -0.306 e. The van der Waals surface area contributed by atoms with Gasteiger partial charge in [0, 0.05) is 6.04 Å².